The smallest absolute Gasteiger partial charge is 0.319 e. The molecule has 0 fully saturated rings. The maximum absolute atomic E-state index is 12.2. The predicted octanol–water partition coefficient (Wildman–Crippen LogP) is 1.57. The van der Waals surface area contributed by atoms with Crippen LogP contribution in [0, 0.1) is 0 Å². The quantitative estimate of drug-likeness (QED) is 0.682. The van der Waals surface area contributed by atoms with Crippen LogP contribution in [0.5, 0.6) is 0 Å². The molecule has 0 atom stereocenters. The number of hydrogen-bond acceptors (Lipinski definition) is 3. The lowest BCUT2D eigenvalue weighted by Crippen LogP contribution is -2.11. The minimum atomic E-state index is -2.52. The van der Waals surface area contributed by atoms with Gasteiger partial charge >= 0.3 is 5.69 Å². The van der Waals surface area contributed by atoms with Crippen molar-refractivity contribution in [3.8, 4) is 0 Å². The number of nitrogens with one attached hydrogen (secondary N) is 3. The highest BCUT2D eigenvalue weighted by Gasteiger charge is 2.11. The highest BCUT2D eigenvalue weighted by Crippen LogP contribution is 2.13. The molecule has 2 aromatic heterocycles. The van der Waals surface area contributed by atoms with Crippen LogP contribution in [0.25, 0.3) is 11.0 Å². The number of benzene rings is 1. The fourth-order valence-electron chi connectivity index (χ4n) is 2.05. The monoisotopic (exact) mass is 307 g/mol. The maximum Gasteiger partial charge on any atom is 0.323 e. The zero-order chi connectivity index (χ0) is 15.7. The van der Waals surface area contributed by atoms with Crippen molar-refractivity contribution in [2.45, 2.75) is 13.0 Å². The number of hydrogen-bond donors (Lipinski definition) is 3. The molecule has 9 heteroatoms. The summed E-state index contributed by atoms with van der Waals surface area (Å²) >= 11 is 0. The number of H-pyrrole nitrogens is 2. The first kappa shape index (κ1) is 14.0. The lowest BCUT2D eigenvalue weighted by atomic mass is 10.2. The van der Waals surface area contributed by atoms with Gasteiger partial charge in [-0.25, -0.2) is 13.6 Å². The average Bonchev–Trinajstić information content (AvgIpc) is 3.02. The molecule has 114 valence electrons. The van der Waals surface area contributed by atoms with Crippen molar-refractivity contribution in [3.05, 3.63) is 46.6 Å². The van der Waals surface area contributed by atoms with Crippen molar-refractivity contribution in [2.75, 3.05) is 5.32 Å². The third kappa shape index (κ3) is 2.87. The third-order valence-electron chi connectivity index (χ3n) is 2.99. The number of imidazole rings is 1. The van der Waals surface area contributed by atoms with Crippen molar-refractivity contribution in [3.63, 3.8) is 0 Å². The van der Waals surface area contributed by atoms with Crippen LogP contribution in [0.1, 0.15) is 10.4 Å². The van der Waals surface area contributed by atoms with Crippen LogP contribution in [0.2, 0.25) is 0 Å². The molecule has 0 spiro atoms. The van der Waals surface area contributed by atoms with Crippen LogP contribution in [-0.4, -0.2) is 32.1 Å². The van der Waals surface area contributed by atoms with Crippen LogP contribution in [0.3, 0.4) is 0 Å². The van der Waals surface area contributed by atoms with Crippen molar-refractivity contribution < 1.29 is 13.6 Å². The fraction of sp³-hybridized carbons (Fsp3) is 0.154. The average molecular weight is 307 g/mol. The Morgan fingerprint density at radius 2 is 2.09 bits per heavy atom. The molecule has 0 radical (unpaired) electrons. The molecule has 0 saturated heterocycles. The Morgan fingerprint density at radius 1 is 1.32 bits per heavy atom. The van der Waals surface area contributed by atoms with E-state index in [0.717, 1.165) is 4.68 Å². The van der Waals surface area contributed by atoms with Gasteiger partial charge in [-0.2, -0.15) is 5.10 Å². The van der Waals surface area contributed by atoms with E-state index in [4.69, 9.17) is 0 Å². The van der Waals surface area contributed by atoms with Gasteiger partial charge in [-0.15, -0.1) is 0 Å². The van der Waals surface area contributed by atoms with Gasteiger partial charge in [-0.3, -0.25) is 9.48 Å². The minimum absolute atomic E-state index is 0.313. The maximum atomic E-state index is 12.2. The summed E-state index contributed by atoms with van der Waals surface area (Å²) in [6.45, 7) is -0.535. The summed E-state index contributed by atoms with van der Waals surface area (Å²) in [5.74, 6) is -0.430. The Hall–Kier alpha value is -2.97. The van der Waals surface area contributed by atoms with Gasteiger partial charge in [-0.05, 0) is 18.2 Å². The lowest BCUT2D eigenvalue weighted by molar-refractivity contribution is 0.102. The second-order valence-corrected chi connectivity index (χ2v) is 4.64. The van der Waals surface area contributed by atoms with Gasteiger partial charge in [0.25, 0.3) is 12.3 Å². The van der Waals surface area contributed by atoms with Gasteiger partial charge in [0, 0.05) is 11.8 Å². The van der Waals surface area contributed by atoms with Crippen LogP contribution in [0.15, 0.2) is 35.4 Å². The molecule has 0 aliphatic rings. The molecule has 0 bridgehead atoms. The van der Waals surface area contributed by atoms with Gasteiger partial charge in [0.1, 0.15) is 6.54 Å². The Kier molecular flexibility index (Phi) is 3.45. The largest absolute Gasteiger partial charge is 0.323 e. The van der Waals surface area contributed by atoms with E-state index >= 15 is 0 Å². The third-order valence-corrected chi connectivity index (χ3v) is 2.99. The summed E-state index contributed by atoms with van der Waals surface area (Å²) in [5.41, 5.74) is 1.37. The summed E-state index contributed by atoms with van der Waals surface area (Å²) in [6, 6.07) is 4.67. The van der Waals surface area contributed by atoms with Crippen LogP contribution >= 0.6 is 0 Å². The Bertz CT molecular complexity index is 880. The first-order chi connectivity index (χ1) is 10.5. The summed E-state index contributed by atoms with van der Waals surface area (Å²) in [5, 5.41) is 6.28. The summed E-state index contributed by atoms with van der Waals surface area (Å²) in [6.07, 6.45) is 0.0915. The zero-order valence-electron chi connectivity index (χ0n) is 11.1. The number of fused-ring (bicyclic) bond motifs is 1. The van der Waals surface area contributed by atoms with Crippen molar-refractivity contribution in [1.82, 2.24) is 19.7 Å². The van der Waals surface area contributed by atoms with E-state index in [1.807, 2.05) is 0 Å². The molecule has 3 N–H and O–H groups in total. The van der Waals surface area contributed by atoms with Crippen molar-refractivity contribution in [2.24, 2.45) is 0 Å². The van der Waals surface area contributed by atoms with Gasteiger partial charge in [0.05, 0.1) is 22.9 Å². The standard InChI is InChI=1S/C13H11F2N5O2/c14-11(15)6-20-5-8(4-16-20)17-12(21)7-1-2-9-10(3-7)19-13(22)18-9/h1-5,11H,6H2,(H,17,21)(H2,18,19,22). The van der Waals surface area contributed by atoms with Gasteiger partial charge in [-0.1, -0.05) is 0 Å². The van der Waals surface area contributed by atoms with Gasteiger partial charge in [0.2, 0.25) is 0 Å². The highest BCUT2D eigenvalue weighted by atomic mass is 19.3. The topological polar surface area (TPSA) is 95.6 Å². The van der Waals surface area contributed by atoms with E-state index in [1.54, 1.807) is 12.1 Å². The molecule has 0 unspecified atom stereocenters. The van der Waals surface area contributed by atoms with E-state index in [2.05, 4.69) is 20.4 Å². The number of nitrogens with zero attached hydrogens (tertiary/aromatic N) is 2. The van der Waals surface area contributed by atoms with E-state index < -0.39 is 18.9 Å². The Labute approximate surface area is 122 Å². The molecule has 3 aromatic rings. The first-order valence-corrected chi connectivity index (χ1v) is 6.35. The van der Waals surface area contributed by atoms with Gasteiger partial charge in [0.15, 0.2) is 0 Å². The Balaban J connectivity index is 1.77. The number of carbonyl (C=O) groups is 1. The normalized spacial score (nSPS) is 11.2. The van der Waals surface area contributed by atoms with Crippen LogP contribution < -0.4 is 11.0 Å². The molecule has 0 aliphatic heterocycles. The molecule has 3 rings (SSSR count). The van der Waals surface area contributed by atoms with E-state index in [0.29, 0.717) is 22.3 Å². The molecule has 0 saturated carbocycles. The number of aromatic nitrogens is 4. The van der Waals surface area contributed by atoms with E-state index in [-0.39, 0.29) is 5.69 Å². The molecule has 7 nitrogen and oxygen atoms in total. The van der Waals surface area contributed by atoms with Crippen molar-refractivity contribution in [1.29, 1.82) is 0 Å². The molecule has 22 heavy (non-hydrogen) atoms. The fourth-order valence-corrected chi connectivity index (χ4v) is 2.05. The molecule has 2 heterocycles. The molecule has 1 amide bonds. The first-order valence-electron chi connectivity index (χ1n) is 6.35. The number of aromatic amines is 2. The van der Waals surface area contributed by atoms with Gasteiger partial charge < -0.3 is 15.3 Å². The summed E-state index contributed by atoms with van der Waals surface area (Å²) < 4.78 is 25.5. The highest BCUT2D eigenvalue weighted by molar-refractivity contribution is 6.05. The Morgan fingerprint density at radius 3 is 2.86 bits per heavy atom. The van der Waals surface area contributed by atoms with Crippen molar-refractivity contribution >= 4 is 22.6 Å². The number of amides is 1. The number of alkyl halides is 2. The lowest BCUT2D eigenvalue weighted by Gasteiger charge is -2.02. The number of halogens is 2. The SMILES string of the molecule is O=C(Nc1cnn(CC(F)F)c1)c1ccc2[nH]c(=O)[nH]c2c1. The molecular formula is C13H11F2N5O2. The number of anilines is 1. The number of rotatable bonds is 4. The second-order valence-electron chi connectivity index (χ2n) is 4.64. The van der Waals surface area contributed by atoms with E-state index in [1.165, 1.54) is 18.5 Å². The molecule has 0 aliphatic carbocycles. The van der Waals surface area contributed by atoms with Crippen LogP contribution in [0.4, 0.5) is 14.5 Å². The molecular weight excluding hydrogens is 296 g/mol. The van der Waals surface area contributed by atoms with E-state index in [9.17, 15) is 18.4 Å². The minimum Gasteiger partial charge on any atom is -0.319 e. The predicted molar refractivity (Wildman–Crippen MR) is 75.1 cm³/mol. The van der Waals surface area contributed by atoms with Crippen LogP contribution in [-0.2, 0) is 6.54 Å². The summed E-state index contributed by atoms with van der Waals surface area (Å²) in [7, 11) is 0. The number of carbonyl (C=O) groups excluding carboxylic acids is 1. The zero-order valence-corrected chi connectivity index (χ0v) is 11.1. The summed E-state index contributed by atoms with van der Waals surface area (Å²) in [4.78, 5) is 28.4. The second kappa shape index (κ2) is 5.43. The molecule has 1 aromatic carbocycles.